The summed E-state index contributed by atoms with van der Waals surface area (Å²) in [5.41, 5.74) is 2.42. The van der Waals surface area contributed by atoms with Crippen LogP contribution in [0.5, 0.6) is 0 Å². The highest BCUT2D eigenvalue weighted by Crippen LogP contribution is 2.31. The molecule has 4 rings (SSSR count). The van der Waals surface area contributed by atoms with Gasteiger partial charge in [0.15, 0.2) is 6.04 Å². The number of amides is 1. The second kappa shape index (κ2) is 8.09. The van der Waals surface area contributed by atoms with Gasteiger partial charge in [0.25, 0.3) is 5.91 Å². The van der Waals surface area contributed by atoms with Crippen molar-refractivity contribution in [2.24, 2.45) is 0 Å². The van der Waals surface area contributed by atoms with Crippen molar-refractivity contribution in [2.45, 2.75) is 31.7 Å². The summed E-state index contributed by atoms with van der Waals surface area (Å²) in [6.07, 6.45) is 2.12. The molecule has 1 aliphatic rings. The number of para-hydroxylation sites is 1. The Bertz CT molecular complexity index is 980. The number of anilines is 1. The van der Waals surface area contributed by atoms with Crippen LogP contribution in [0.25, 0.3) is 10.2 Å². The highest BCUT2D eigenvalue weighted by atomic mass is 32.1. The molecule has 1 amide bonds. The number of benzene rings is 2. The van der Waals surface area contributed by atoms with Crippen molar-refractivity contribution in [3.8, 4) is 6.07 Å². The normalized spacial score (nSPS) is 20.4. The average molecular weight is 392 g/mol. The molecule has 0 aliphatic carbocycles. The number of nitrogens with one attached hydrogen (secondary N) is 2. The molecule has 0 bridgehead atoms. The van der Waals surface area contributed by atoms with Gasteiger partial charge in [-0.3, -0.25) is 4.79 Å². The molecular formula is C22H23N4OS+. The molecule has 28 heavy (non-hydrogen) atoms. The van der Waals surface area contributed by atoms with Gasteiger partial charge in [0.05, 0.1) is 39.9 Å². The van der Waals surface area contributed by atoms with Gasteiger partial charge >= 0.3 is 0 Å². The Morgan fingerprint density at radius 3 is 2.61 bits per heavy atom. The molecule has 0 saturated carbocycles. The Balaban J connectivity index is 1.34. The number of carbonyl (C=O) groups is 1. The topological polar surface area (TPSA) is 70.2 Å². The summed E-state index contributed by atoms with van der Waals surface area (Å²) in [5, 5.41) is 13.1. The fourth-order valence-corrected chi connectivity index (χ4v) is 4.93. The van der Waals surface area contributed by atoms with E-state index < -0.39 is 0 Å². The standard InChI is InChI=1S/C22H22N4OS/c1-15(21(27)24-18-8-6-16(14-23)7-9-18)26-12-10-17(11-13-26)22-25-19-4-2-3-5-20(19)28-22/h2-9,15,17H,10-13H2,1H3,(H,24,27)/p+1/t15-/m1/s1. The number of hydrogen-bond donors (Lipinski definition) is 2. The fraction of sp³-hybridized carbons (Fsp3) is 0.318. The number of rotatable bonds is 4. The molecule has 142 valence electrons. The van der Waals surface area contributed by atoms with Crippen LogP contribution in [0.4, 0.5) is 5.69 Å². The molecule has 2 aromatic carbocycles. The lowest BCUT2D eigenvalue weighted by Gasteiger charge is -2.31. The number of nitriles is 1. The van der Waals surface area contributed by atoms with Crippen LogP contribution >= 0.6 is 11.3 Å². The smallest absolute Gasteiger partial charge is 0.282 e. The number of likely N-dealkylation sites (tertiary alicyclic amines) is 1. The molecule has 2 heterocycles. The van der Waals surface area contributed by atoms with Gasteiger partial charge < -0.3 is 10.2 Å². The van der Waals surface area contributed by atoms with Crippen molar-refractivity contribution in [2.75, 3.05) is 18.4 Å². The summed E-state index contributed by atoms with van der Waals surface area (Å²) in [7, 11) is 0. The Morgan fingerprint density at radius 2 is 1.93 bits per heavy atom. The van der Waals surface area contributed by atoms with E-state index >= 15 is 0 Å². The van der Waals surface area contributed by atoms with E-state index in [0.29, 0.717) is 11.5 Å². The molecule has 1 atom stereocenters. The lowest BCUT2D eigenvalue weighted by molar-refractivity contribution is -0.919. The van der Waals surface area contributed by atoms with Gasteiger partial charge in [0.2, 0.25) is 0 Å². The van der Waals surface area contributed by atoms with Crippen LogP contribution in [0, 0.1) is 11.3 Å². The number of aromatic nitrogens is 1. The SMILES string of the molecule is C[C@H](C(=O)Nc1ccc(C#N)cc1)[NH+]1CCC(c2nc3ccccc3s2)CC1. The zero-order valence-electron chi connectivity index (χ0n) is 15.8. The molecule has 1 aromatic heterocycles. The molecule has 1 aliphatic heterocycles. The molecule has 5 nitrogen and oxygen atoms in total. The Morgan fingerprint density at radius 1 is 1.21 bits per heavy atom. The van der Waals surface area contributed by atoms with Gasteiger partial charge in [-0.2, -0.15) is 5.26 Å². The second-order valence-corrected chi connectivity index (χ2v) is 8.41. The maximum atomic E-state index is 12.6. The maximum absolute atomic E-state index is 12.6. The summed E-state index contributed by atoms with van der Waals surface area (Å²) in [4.78, 5) is 18.8. The molecule has 2 N–H and O–H groups in total. The monoisotopic (exact) mass is 391 g/mol. The van der Waals surface area contributed by atoms with Crippen molar-refractivity contribution in [1.82, 2.24) is 4.98 Å². The number of quaternary nitrogens is 1. The third kappa shape index (κ3) is 3.91. The fourth-order valence-electron chi connectivity index (χ4n) is 3.80. The molecule has 1 fully saturated rings. The minimum absolute atomic E-state index is 0.0261. The van der Waals surface area contributed by atoms with E-state index in [9.17, 15) is 4.79 Å². The van der Waals surface area contributed by atoms with Gasteiger partial charge in [-0.05, 0) is 43.3 Å². The summed E-state index contributed by atoms with van der Waals surface area (Å²) < 4.78 is 1.25. The quantitative estimate of drug-likeness (QED) is 0.718. The molecule has 0 unspecified atom stereocenters. The first-order valence-electron chi connectivity index (χ1n) is 9.65. The van der Waals surface area contributed by atoms with Crippen molar-refractivity contribution in [3.05, 3.63) is 59.1 Å². The van der Waals surface area contributed by atoms with Crippen molar-refractivity contribution in [1.29, 1.82) is 5.26 Å². The zero-order chi connectivity index (χ0) is 19.5. The predicted molar refractivity (Wildman–Crippen MR) is 112 cm³/mol. The first-order valence-corrected chi connectivity index (χ1v) is 10.5. The highest BCUT2D eigenvalue weighted by Gasteiger charge is 2.31. The minimum Gasteiger partial charge on any atom is -0.325 e. The van der Waals surface area contributed by atoms with Crippen LogP contribution in [0.1, 0.15) is 36.3 Å². The molecule has 3 aromatic rings. The number of carbonyl (C=O) groups excluding carboxylic acids is 1. The van der Waals surface area contributed by atoms with Crippen molar-refractivity contribution >= 4 is 33.1 Å². The second-order valence-electron chi connectivity index (χ2n) is 7.35. The van der Waals surface area contributed by atoms with E-state index in [0.717, 1.165) is 37.1 Å². The lowest BCUT2D eigenvalue weighted by Crippen LogP contribution is -3.17. The molecule has 6 heteroatoms. The van der Waals surface area contributed by atoms with Crippen LogP contribution in [-0.4, -0.2) is 30.0 Å². The average Bonchev–Trinajstić information content (AvgIpc) is 3.18. The van der Waals surface area contributed by atoms with E-state index in [1.165, 1.54) is 14.6 Å². The lowest BCUT2D eigenvalue weighted by atomic mass is 9.96. The van der Waals surface area contributed by atoms with Crippen LogP contribution in [0.2, 0.25) is 0 Å². The Kier molecular flexibility index (Phi) is 5.38. The third-order valence-corrected chi connectivity index (χ3v) is 6.77. The summed E-state index contributed by atoms with van der Waals surface area (Å²) >= 11 is 1.80. The molecule has 0 spiro atoms. The largest absolute Gasteiger partial charge is 0.325 e. The molecule has 0 radical (unpaired) electrons. The number of thiazole rings is 1. The number of nitrogens with zero attached hydrogens (tertiary/aromatic N) is 2. The van der Waals surface area contributed by atoms with Crippen LogP contribution in [0.15, 0.2) is 48.5 Å². The van der Waals surface area contributed by atoms with Crippen molar-refractivity contribution < 1.29 is 9.69 Å². The highest BCUT2D eigenvalue weighted by molar-refractivity contribution is 7.18. The molecule has 1 saturated heterocycles. The van der Waals surface area contributed by atoms with E-state index in [1.54, 1.807) is 35.6 Å². The first-order chi connectivity index (χ1) is 13.6. The van der Waals surface area contributed by atoms with Gasteiger partial charge in [-0.25, -0.2) is 4.98 Å². The number of piperidine rings is 1. The minimum atomic E-state index is -0.105. The summed E-state index contributed by atoms with van der Waals surface area (Å²) in [6, 6.07) is 17.3. The van der Waals surface area contributed by atoms with E-state index in [1.807, 2.05) is 13.0 Å². The van der Waals surface area contributed by atoms with E-state index in [4.69, 9.17) is 10.2 Å². The van der Waals surface area contributed by atoms with Gasteiger partial charge in [0, 0.05) is 24.4 Å². The summed E-state index contributed by atoms with van der Waals surface area (Å²) in [6.45, 7) is 3.94. The number of fused-ring (bicyclic) bond motifs is 1. The first kappa shape index (κ1) is 18.6. The van der Waals surface area contributed by atoms with Gasteiger partial charge in [-0.1, -0.05) is 12.1 Å². The van der Waals surface area contributed by atoms with Crippen LogP contribution in [0.3, 0.4) is 0 Å². The van der Waals surface area contributed by atoms with Crippen LogP contribution < -0.4 is 10.2 Å². The third-order valence-electron chi connectivity index (χ3n) is 5.57. The Labute approximate surface area is 168 Å². The molecular weight excluding hydrogens is 368 g/mol. The Hall–Kier alpha value is -2.75. The van der Waals surface area contributed by atoms with Crippen molar-refractivity contribution in [3.63, 3.8) is 0 Å². The van der Waals surface area contributed by atoms with E-state index in [-0.39, 0.29) is 11.9 Å². The van der Waals surface area contributed by atoms with Crippen LogP contribution in [-0.2, 0) is 4.79 Å². The zero-order valence-corrected chi connectivity index (χ0v) is 16.6. The van der Waals surface area contributed by atoms with Gasteiger partial charge in [-0.15, -0.1) is 11.3 Å². The summed E-state index contributed by atoms with van der Waals surface area (Å²) in [5.74, 6) is 0.521. The number of hydrogen-bond acceptors (Lipinski definition) is 4. The maximum Gasteiger partial charge on any atom is 0.282 e. The van der Waals surface area contributed by atoms with E-state index in [2.05, 4.69) is 29.6 Å². The predicted octanol–water partition coefficient (Wildman–Crippen LogP) is 2.96. The van der Waals surface area contributed by atoms with Gasteiger partial charge in [0.1, 0.15) is 0 Å².